The second-order valence-electron chi connectivity index (χ2n) is 4.84. The number of aryl methyl sites for hydroxylation is 1. The topological polar surface area (TPSA) is 37.4 Å². The quantitative estimate of drug-likeness (QED) is 0.866. The van der Waals surface area contributed by atoms with Gasteiger partial charge < -0.3 is 15.0 Å². The zero-order valence-electron chi connectivity index (χ0n) is 11.6. The number of aromatic nitrogens is 1. The lowest BCUT2D eigenvalue weighted by molar-refractivity contribution is 0.410. The summed E-state index contributed by atoms with van der Waals surface area (Å²) in [5.41, 5.74) is 2.22. The Kier molecular flexibility index (Phi) is 4.42. The highest BCUT2D eigenvalue weighted by Gasteiger charge is 2.24. The Morgan fingerprint density at radius 2 is 2.39 bits per heavy atom. The maximum Gasteiger partial charge on any atom is 0.160 e. The van der Waals surface area contributed by atoms with Crippen LogP contribution in [0.5, 0.6) is 5.75 Å². The fourth-order valence-electron chi connectivity index (χ4n) is 2.56. The minimum atomic E-state index is 0.570. The van der Waals surface area contributed by atoms with Crippen LogP contribution in [0.1, 0.15) is 25.5 Å². The Bertz CT molecular complexity index is 389. The van der Waals surface area contributed by atoms with Gasteiger partial charge in [-0.15, -0.1) is 0 Å². The summed E-state index contributed by atoms with van der Waals surface area (Å²) in [4.78, 5) is 6.78. The fraction of sp³-hybridized carbons (Fsp3) is 0.643. The van der Waals surface area contributed by atoms with E-state index in [-0.39, 0.29) is 0 Å². The van der Waals surface area contributed by atoms with Crippen LogP contribution in [0.2, 0.25) is 0 Å². The predicted molar refractivity (Wildman–Crippen MR) is 74.4 cm³/mol. The largest absolute Gasteiger partial charge is 0.493 e. The van der Waals surface area contributed by atoms with Crippen molar-refractivity contribution in [3.05, 3.63) is 18.0 Å². The number of nitrogens with zero attached hydrogens (tertiary/aromatic N) is 2. The highest BCUT2D eigenvalue weighted by Crippen LogP contribution is 2.30. The average Bonchev–Trinajstić information content (AvgIpc) is 2.89. The molecule has 1 aliphatic rings. The maximum absolute atomic E-state index is 5.46. The molecule has 0 amide bonds. The lowest BCUT2D eigenvalue weighted by Gasteiger charge is -2.31. The van der Waals surface area contributed by atoms with Crippen molar-refractivity contribution >= 4 is 5.69 Å². The molecule has 4 heteroatoms. The molecule has 100 valence electrons. The van der Waals surface area contributed by atoms with E-state index in [1.165, 1.54) is 12.1 Å². The number of pyridine rings is 1. The molecule has 2 heterocycles. The molecule has 1 atom stereocenters. The minimum absolute atomic E-state index is 0.570. The summed E-state index contributed by atoms with van der Waals surface area (Å²) >= 11 is 0. The van der Waals surface area contributed by atoms with Gasteiger partial charge in [0.15, 0.2) is 5.75 Å². The van der Waals surface area contributed by atoms with Crippen LogP contribution in [-0.2, 0) is 0 Å². The summed E-state index contributed by atoms with van der Waals surface area (Å²) < 4.78 is 5.46. The fourth-order valence-corrected chi connectivity index (χ4v) is 2.56. The third-order valence-electron chi connectivity index (χ3n) is 3.45. The van der Waals surface area contributed by atoms with E-state index in [1.54, 1.807) is 7.11 Å². The number of rotatable bonds is 5. The monoisotopic (exact) mass is 249 g/mol. The lowest BCUT2D eigenvalue weighted by Crippen LogP contribution is -2.37. The van der Waals surface area contributed by atoms with E-state index >= 15 is 0 Å². The SMILES string of the molecule is CCCN(c1cc(C)ncc1OC)C1CCNC1. The van der Waals surface area contributed by atoms with Gasteiger partial charge in [0, 0.05) is 24.8 Å². The van der Waals surface area contributed by atoms with Crippen molar-refractivity contribution in [3.63, 3.8) is 0 Å². The predicted octanol–water partition coefficient (Wildman–Crippen LogP) is 1.98. The molecule has 1 unspecified atom stereocenters. The van der Waals surface area contributed by atoms with Crippen LogP contribution in [0, 0.1) is 6.92 Å². The van der Waals surface area contributed by atoms with Gasteiger partial charge in [-0.1, -0.05) is 6.92 Å². The van der Waals surface area contributed by atoms with Gasteiger partial charge in [-0.3, -0.25) is 4.98 Å². The summed E-state index contributed by atoms with van der Waals surface area (Å²) in [6, 6.07) is 2.70. The first kappa shape index (κ1) is 13.1. The number of hydrogen-bond acceptors (Lipinski definition) is 4. The first-order chi connectivity index (χ1) is 8.76. The Balaban J connectivity index is 2.31. The molecule has 0 saturated carbocycles. The van der Waals surface area contributed by atoms with E-state index in [2.05, 4.69) is 28.2 Å². The molecule has 4 nitrogen and oxygen atoms in total. The molecule has 1 aromatic rings. The van der Waals surface area contributed by atoms with Gasteiger partial charge in [0.05, 0.1) is 19.0 Å². The maximum atomic E-state index is 5.46. The van der Waals surface area contributed by atoms with E-state index < -0.39 is 0 Å². The van der Waals surface area contributed by atoms with E-state index in [0.717, 1.165) is 37.5 Å². The van der Waals surface area contributed by atoms with Crippen LogP contribution < -0.4 is 15.0 Å². The van der Waals surface area contributed by atoms with Crippen molar-refractivity contribution in [2.45, 2.75) is 32.7 Å². The number of anilines is 1. The van der Waals surface area contributed by atoms with E-state index in [9.17, 15) is 0 Å². The first-order valence-corrected chi connectivity index (χ1v) is 6.74. The lowest BCUT2D eigenvalue weighted by atomic mass is 10.1. The Morgan fingerprint density at radius 1 is 1.56 bits per heavy atom. The van der Waals surface area contributed by atoms with Crippen LogP contribution in [0.4, 0.5) is 5.69 Å². The van der Waals surface area contributed by atoms with Gasteiger partial charge in [0.25, 0.3) is 0 Å². The van der Waals surface area contributed by atoms with Gasteiger partial charge in [-0.05, 0) is 32.4 Å². The smallest absolute Gasteiger partial charge is 0.160 e. The van der Waals surface area contributed by atoms with Crippen molar-refractivity contribution in [2.24, 2.45) is 0 Å². The highest BCUT2D eigenvalue weighted by atomic mass is 16.5. The third-order valence-corrected chi connectivity index (χ3v) is 3.45. The molecule has 1 fully saturated rings. The summed E-state index contributed by atoms with van der Waals surface area (Å²) in [6.07, 6.45) is 4.17. The van der Waals surface area contributed by atoms with Crippen molar-refractivity contribution in [3.8, 4) is 5.75 Å². The summed E-state index contributed by atoms with van der Waals surface area (Å²) in [5.74, 6) is 0.876. The van der Waals surface area contributed by atoms with Crippen LogP contribution in [-0.4, -0.2) is 37.8 Å². The zero-order valence-corrected chi connectivity index (χ0v) is 11.6. The first-order valence-electron chi connectivity index (χ1n) is 6.74. The standard InChI is InChI=1S/C14H23N3O/c1-4-7-17(12-5-6-15-9-12)13-8-11(2)16-10-14(13)18-3/h8,10,12,15H,4-7,9H2,1-3H3. The second kappa shape index (κ2) is 6.05. The average molecular weight is 249 g/mol. The Morgan fingerprint density at radius 3 is 3.00 bits per heavy atom. The number of hydrogen-bond donors (Lipinski definition) is 1. The number of ether oxygens (including phenoxy) is 1. The molecule has 2 rings (SSSR count). The van der Waals surface area contributed by atoms with E-state index in [0.29, 0.717) is 6.04 Å². The van der Waals surface area contributed by atoms with Gasteiger partial charge in [0.2, 0.25) is 0 Å². The Hall–Kier alpha value is -1.29. The second-order valence-corrected chi connectivity index (χ2v) is 4.84. The molecule has 0 bridgehead atoms. The molecule has 1 saturated heterocycles. The van der Waals surface area contributed by atoms with Crippen LogP contribution in [0.25, 0.3) is 0 Å². The normalized spacial score (nSPS) is 18.9. The molecule has 0 aliphatic carbocycles. The van der Waals surface area contributed by atoms with Crippen LogP contribution >= 0.6 is 0 Å². The molecule has 1 aromatic heterocycles. The molecule has 1 N–H and O–H groups in total. The van der Waals surface area contributed by atoms with Crippen molar-refractivity contribution in [1.82, 2.24) is 10.3 Å². The minimum Gasteiger partial charge on any atom is -0.493 e. The summed E-state index contributed by atoms with van der Waals surface area (Å²) in [7, 11) is 1.72. The van der Waals surface area contributed by atoms with Gasteiger partial charge in [0.1, 0.15) is 0 Å². The van der Waals surface area contributed by atoms with Crippen LogP contribution in [0.15, 0.2) is 12.3 Å². The van der Waals surface area contributed by atoms with E-state index in [1.807, 2.05) is 13.1 Å². The molecular formula is C14H23N3O. The van der Waals surface area contributed by atoms with Gasteiger partial charge >= 0.3 is 0 Å². The number of methoxy groups -OCH3 is 1. The summed E-state index contributed by atoms with van der Waals surface area (Å²) in [6.45, 7) is 7.48. The molecule has 1 aliphatic heterocycles. The van der Waals surface area contributed by atoms with Crippen LogP contribution in [0.3, 0.4) is 0 Å². The van der Waals surface area contributed by atoms with E-state index in [4.69, 9.17) is 4.74 Å². The zero-order chi connectivity index (χ0) is 13.0. The molecule has 0 spiro atoms. The van der Waals surface area contributed by atoms with Gasteiger partial charge in [-0.25, -0.2) is 0 Å². The Labute approximate surface area is 109 Å². The van der Waals surface area contributed by atoms with Gasteiger partial charge in [-0.2, -0.15) is 0 Å². The summed E-state index contributed by atoms with van der Waals surface area (Å²) in [5, 5.41) is 3.43. The third kappa shape index (κ3) is 2.75. The molecule has 18 heavy (non-hydrogen) atoms. The highest BCUT2D eigenvalue weighted by molar-refractivity contribution is 5.59. The van der Waals surface area contributed by atoms with Crippen molar-refractivity contribution in [1.29, 1.82) is 0 Å². The van der Waals surface area contributed by atoms with Crippen molar-refractivity contribution < 1.29 is 4.74 Å². The number of nitrogens with one attached hydrogen (secondary N) is 1. The molecular weight excluding hydrogens is 226 g/mol. The molecule has 0 aromatic carbocycles. The van der Waals surface area contributed by atoms with Crippen molar-refractivity contribution in [2.75, 3.05) is 31.6 Å². The molecule has 0 radical (unpaired) electrons.